The predicted octanol–water partition coefficient (Wildman–Crippen LogP) is 1.71. The van der Waals surface area contributed by atoms with Gasteiger partial charge in [0.05, 0.1) is 0 Å². The van der Waals surface area contributed by atoms with E-state index < -0.39 is 0 Å². The van der Waals surface area contributed by atoms with Gasteiger partial charge in [0.2, 0.25) is 5.13 Å². The van der Waals surface area contributed by atoms with E-state index in [2.05, 4.69) is 27.5 Å². The molecule has 0 amide bonds. The molecule has 1 aliphatic carbocycles. The van der Waals surface area contributed by atoms with E-state index in [1.54, 1.807) is 0 Å². The highest BCUT2D eigenvalue weighted by atomic mass is 32.1. The van der Waals surface area contributed by atoms with Crippen molar-refractivity contribution >= 4 is 28.7 Å². The average molecular weight is 230 g/mol. The van der Waals surface area contributed by atoms with Crippen LogP contribution >= 0.6 is 23.6 Å². The van der Waals surface area contributed by atoms with Gasteiger partial charge in [-0.25, -0.2) is 0 Å². The summed E-state index contributed by atoms with van der Waals surface area (Å²) >= 11 is 6.42. The number of nitrogens with one attached hydrogen (secondary N) is 2. The Morgan fingerprint density at radius 3 is 3.07 bits per heavy atom. The zero-order valence-corrected chi connectivity index (χ0v) is 9.75. The maximum Gasteiger partial charge on any atom is 0.204 e. The summed E-state index contributed by atoms with van der Waals surface area (Å²) in [6, 6.07) is 0.828. The van der Waals surface area contributed by atoms with Crippen LogP contribution in [0.4, 0.5) is 5.13 Å². The molecule has 0 aliphatic heterocycles. The number of H-pyrrole nitrogens is 1. The second-order valence-corrected chi connectivity index (χ2v) is 5.22. The van der Waals surface area contributed by atoms with E-state index in [9.17, 15) is 0 Å². The summed E-state index contributed by atoms with van der Waals surface area (Å²) < 4.78 is 0.725. The topological polar surface area (TPSA) is 44.0 Å². The highest BCUT2D eigenvalue weighted by molar-refractivity contribution is 7.73. The number of nitrogens with zero attached hydrogens (tertiary/aromatic N) is 2. The summed E-state index contributed by atoms with van der Waals surface area (Å²) in [5.74, 6) is 0. The number of anilines is 1. The summed E-state index contributed by atoms with van der Waals surface area (Å²) in [5, 5.41) is 10.9. The summed E-state index contributed by atoms with van der Waals surface area (Å²) in [6.45, 7) is 2.00. The Labute approximate surface area is 92.3 Å². The fourth-order valence-electron chi connectivity index (χ4n) is 1.34. The second kappa shape index (κ2) is 4.37. The highest BCUT2D eigenvalue weighted by Gasteiger charge is 2.25. The fraction of sp³-hybridized carbons (Fsp3) is 0.750. The van der Waals surface area contributed by atoms with Crippen molar-refractivity contribution in [2.45, 2.75) is 18.9 Å². The smallest absolute Gasteiger partial charge is 0.204 e. The summed E-state index contributed by atoms with van der Waals surface area (Å²) in [6.07, 6.45) is 2.72. The van der Waals surface area contributed by atoms with Crippen molar-refractivity contribution in [3.63, 3.8) is 0 Å². The summed E-state index contributed by atoms with van der Waals surface area (Å²) in [5.41, 5.74) is 0. The molecule has 78 valence electrons. The van der Waals surface area contributed by atoms with Crippen LogP contribution < -0.4 is 5.32 Å². The molecule has 4 nitrogen and oxygen atoms in total. The molecule has 6 heteroatoms. The third-order valence-corrected chi connectivity index (χ3v) is 3.40. The van der Waals surface area contributed by atoms with Gasteiger partial charge >= 0.3 is 0 Å². The molecular weight excluding hydrogens is 216 g/mol. The van der Waals surface area contributed by atoms with Crippen molar-refractivity contribution in [3.8, 4) is 0 Å². The number of rotatable bonds is 5. The van der Waals surface area contributed by atoms with E-state index in [-0.39, 0.29) is 0 Å². The molecule has 0 saturated heterocycles. The van der Waals surface area contributed by atoms with Crippen LogP contribution in [0.1, 0.15) is 12.8 Å². The van der Waals surface area contributed by atoms with Crippen LogP contribution in [0.15, 0.2) is 0 Å². The Kier molecular flexibility index (Phi) is 3.15. The van der Waals surface area contributed by atoms with Gasteiger partial charge in [-0.1, -0.05) is 11.3 Å². The van der Waals surface area contributed by atoms with Gasteiger partial charge in [0.1, 0.15) is 0 Å². The molecule has 0 bridgehead atoms. The van der Waals surface area contributed by atoms with Gasteiger partial charge in [-0.05, 0) is 32.1 Å². The van der Waals surface area contributed by atoms with Crippen LogP contribution in [-0.2, 0) is 0 Å². The first kappa shape index (κ1) is 10.1. The van der Waals surface area contributed by atoms with Crippen LogP contribution in [0.5, 0.6) is 0 Å². The Bertz CT molecular complexity index is 341. The number of aromatic nitrogens is 2. The minimum Gasteiger partial charge on any atom is -0.359 e. The van der Waals surface area contributed by atoms with E-state index >= 15 is 0 Å². The molecule has 0 spiro atoms. The highest BCUT2D eigenvalue weighted by Crippen LogP contribution is 2.24. The molecule has 14 heavy (non-hydrogen) atoms. The lowest BCUT2D eigenvalue weighted by molar-refractivity contribution is 0.337. The third-order valence-electron chi connectivity index (χ3n) is 2.35. The van der Waals surface area contributed by atoms with Gasteiger partial charge < -0.3 is 10.2 Å². The quantitative estimate of drug-likeness (QED) is 0.756. The van der Waals surface area contributed by atoms with Gasteiger partial charge in [0.15, 0.2) is 3.95 Å². The number of likely N-dealkylation sites (N-methyl/N-ethyl adjacent to an activating group) is 1. The predicted molar refractivity (Wildman–Crippen MR) is 61.4 cm³/mol. The van der Waals surface area contributed by atoms with Crippen LogP contribution in [0, 0.1) is 3.95 Å². The lowest BCUT2D eigenvalue weighted by Gasteiger charge is -2.14. The van der Waals surface area contributed by atoms with Crippen LogP contribution in [0.2, 0.25) is 0 Å². The van der Waals surface area contributed by atoms with E-state index in [1.165, 1.54) is 24.2 Å². The minimum atomic E-state index is 0.725. The van der Waals surface area contributed by atoms with E-state index in [1.807, 2.05) is 0 Å². The number of hydrogen-bond donors (Lipinski definition) is 2. The van der Waals surface area contributed by atoms with Crippen molar-refractivity contribution in [2.24, 2.45) is 0 Å². The Morgan fingerprint density at radius 2 is 2.50 bits per heavy atom. The Morgan fingerprint density at radius 1 is 1.71 bits per heavy atom. The largest absolute Gasteiger partial charge is 0.359 e. The molecule has 1 aromatic heterocycles. The van der Waals surface area contributed by atoms with Crippen LogP contribution in [-0.4, -0.2) is 41.3 Å². The lowest BCUT2D eigenvalue weighted by atomic mass is 10.5. The molecule has 1 aliphatic rings. The van der Waals surface area contributed by atoms with Crippen LogP contribution in [0.3, 0.4) is 0 Å². The first-order valence-electron chi connectivity index (χ1n) is 4.75. The van der Waals surface area contributed by atoms with Crippen LogP contribution in [0.25, 0.3) is 0 Å². The Hall–Kier alpha value is -0.460. The molecule has 0 atom stereocenters. The normalized spacial score (nSPS) is 16.1. The van der Waals surface area contributed by atoms with Gasteiger partial charge in [0, 0.05) is 19.1 Å². The molecule has 0 unspecified atom stereocenters. The van der Waals surface area contributed by atoms with Gasteiger partial charge in [-0.2, -0.15) is 0 Å². The van der Waals surface area contributed by atoms with Crippen molar-refractivity contribution in [1.29, 1.82) is 0 Å². The first-order valence-corrected chi connectivity index (χ1v) is 5.98. The maximum absolute atomic E-state index is 4.94. The monoisotopic (exact) mass is 230 g/mol. The SMILES string of the molecule is CN(CCNc1n[nH]c(=S)s1)C1CC1. The molecule has 1 saturated carbocycles. The fourth-order valence-corrected chi connectivity index (χ4v) is 2.16. The summed E-state index contributed by atoms with van der Waals surface area (Å²) in [7, 11) is 2.17. The third kappa shape index (κ3) is 2.76. The van der Waals surface area contributed by atoms with Crippen molar-refractivity contribution in [1.82, 2.24) is 15.1 Å². The standard InChI is InChI=1S/C8H14N4S2/c1-12(6-2-3-6)5-4-9-7-10-11-8(13)14-7/h6H,2-5H2,1H3,(H,9,10)(H,11,13). The maximum atomic E-state index is 4.94. The molecular formula is C8H14N4S2. The molecule has 2 rings (SSSR count). The van der Waals surface area contributed by atoms with E-state index in [0.29, 0.717) is 0 Å². The van der Waals surface area contributed by atoms with E-state index in [4.69, 9.17) is 12.2 Å². The molecule has 1 heterocycles. The van der Waals surface area contributed by atoms with Gasteiger partial charge in [-0.15, -0.1) is 5.10 Å². The zero-order valence-electron chi connectivity index (χ0n) is 8.12. The van der Waals surface area contributed by atoms with E-state index in [0.717, 1.165) is 28.2 Å². The zero-order chi connectivity index (χ0) is 9.97. The minimum absolute atomic E-state index is 0.725. The van der Waals surface area contributed by atoms with Crippen molar-refractivity contribution in [3.05, 3.63) is 3.95 Å². The average Bonchev–Trinajstić information content (AvgIpc) is 2.92. The van der Waals surface area contributed by atoms with Crippen molar-refractivity contribution < 1.29 is 0 Å². The number of aromatic amines is 1. The molecule has 1 aromatic rings. The first-order chi connectivity index (χ1) is 6.75. The van der Waals surface area contributed by atoms with Gasteiger partial charge in [0.25, 0.3) is 0 Å². The second-order valence-electron chi connectivity index (χ2n) is 3.56. The molecule has 0 radical (unpaired) electrons. The Balaban J connectivity index is 1.69. The summed E-state index contributed by atoms with van der Waals surface area (Å²) in [4.78, 5) is 2.39. The lowest BCUT2D eigenvalue weighted by Crippen LogP contribution is -2.26. The number of hydrogen-bond acceptors (Lipinski definition) is 5. The van der Waals surface area contributed by atoms with Gasteiger partial charge in [-0.3, -0.25) is 5.10 Å². The molecule has 1 fully saturated rings. The molecule has 0 aromatic carbocycles. The van der Waals surface area contributed by atoms with Crippen molar-refractivity contribution in [2.75, 3.05) is 25.5 Å². The molecule has 2 N–H and O–H groups in total.